The molecule has 0 spiro atoms. The topological polar surface area (TPSA) is 75.0 Å². The fraction of sp³-hybridized carbons (Fsp3) is 0.158. The van der Waals surface area contributed by atoms with Gasteiger partial charge >= 0.3 is 6.16 Å². The highest BCUT2D eigenvalue weighted by molar-refractivity contribution is 5.84. The Morgan fingerprint density at radius 2 is 1.92 bits per heavy atom. The molecule has 0 fully saturated rings. The second-order valence-corrected chi connectivity index (χ2v) is 5.12. The quantitative estimate of drug-likeness (QED) is 0.528. The van der Waals surface area contributed by atoms with Crippen LogP contribution >= 0.6 is 0 Å². The number of rotatable bonds is 4. The molecule has 0 aliphatic rings. The fourth-order valence-corrected chi connectivity index (χ4v) is 2.47. The maximum absolute atomic E-state index is 12.8. The summed E-state index contributed by atoms with van der Waals surface area (Å²) in [7, 11) is 1.54. The van der Waals surface area contributed by atoms with Crippen molar-refractivity contribution in [2.24, 2.45) is 0 Å². The predicted octanol–water partition coefficient (Wildman–Crippen LogP) is 4.00. The highest BCUT2D eigenvalue weighted by Crippen LogP contribution is 2.29. The highest BCUT2D eigenvalue weighted by atomic mass is 16.7. The fourth-order valence-electron chi connectivity index (χ4n) is 2.47. The predicted molar refractivity (Wildman–Crippen MR) is 92.1 cm³/mol. The minimum atomic E-state index is -0.810. The Bertz CT molecular complexity index is 973. The van der Waals surface area contributed by atoms with Crippen molar-refractivity contribution in [3.8, 4) is 22.6 Å². The van der Waals surface area contributed by atoms with E-state index in [0.717, 1.165) is 0 Å². The van der Waals surface area contributed by atoms with Crippen LogP contribution in [0.25, 0.3) is 22.1 Å². The molecule has 0 atom stereocenters. The molecular formula is C19H16O6. The molecule has 0 N–H and O–H groups in total. The van der Waals surface area contributed by atoms with Gasteiger partial charge in [0.2, 0.25) is 5.43 Å². The molecule has 0 bridgehead atoms. The summed E-state index contributed by atoms with van der Waals surface area (Å²) < 4.78 is 20.6. The van der Waals surface area contributed by atoms with Crippen LogP contribution in [0, 0.1) is 0 Å². The van der Waals surface area contributed by atoms with Gasteiger partial charge in [-0.1, -0.05) is 18.2 Å². The van der Waals surface area contributed by atoms with Crippen molar-refractivity contribution in [1.29, 1.82) is 0 Å². The summed E-state index contributed by atoms with van der Waals surface area (Å²) in [5, 5.41) is 0.375. The third-order valence-corrected chi connectivity index (χ3v) is 3.61. The molecule has 25 heavy (non-hydrogen) atoms. The van der Waals surface area contributed by atoms with Gasteiger partial charge < -0.3 is 18.6 Å². The first-order valence-electron chi connectivity index (χ1n) is 7.67. The molecule has 0 unspecified atom stereocenters. The van der Waals surface area contributed by atoms with Crippen LogP contribution in [-0.2, 0) is 4.74 Å². The monoisotopic (exact) mass is 340 g/mol. The van der Waals surface area contributed by atoms with Crippen LogP contribution in [0.3, 0.4) is 0 Å². The Kier molecular flexibility index (Phi) is 4.70. The van der Waals surface area contributed by atoms with Gasteiger partial charge in [0.25, 0.3) is 0 Å². The van der Waals surface area contributed by atoms with Crippen LogP contribution in [-0.4, -0.2) is 19.9 Å². The second-order valence-electron chi connectivity index (χ2n) is 5.12. The van der Waals surface area contributed by atoms with E-state index in [4.69, 9.17) is 18.6 Å². The van der Waals surface area contributed by atoms with Crippen LogP contribution in [0.15, 0.2) is 57.9 Å². The average Bonchev–Trinajstić information content (AvgIpc) is 2.62. The molecule has 3 rings (SSSR count). The standard InChI is InChI=1S/C19H16O6/c1-3-23-19(21)25-12-8-9-14-17(10-12)24-11-15(18(14)20)13-6-4-5-7-16(13)22-2/h4-11H,3H2,1-2H3. The lowest BCUT2D eigenvalue weighted by Gasteiger charge is -2.08. The molecule has 1 heterocycles. The SMILES string of the molecule is CCOC(=O)Oc1ccc2c(=O)c(-c3ccccc3OC)coc2c1. The van der Waals surface area contributed by atoms with Crippen molar-refractivity contribution >= 4 is 17.1 Å². The van der Waals surface area contributed by atoms with E-state index in [1.54, 1.807) is 32.2 Å². The van der Waals surface area contributed by atoms with Gasteiger partial charge in [0.1, 0.15) is 23.3 Å². The van der Waals surface area contributed by atoms with Crippen LogP contribution < -0.4 is 14.9 Å². The Balaban J connectivity index is 2.04. The molecule has 128 valence electrons. The molecule has 0 aliphatic carbocycles. The summed E-state index contributed by atoms with van der Waals surface area (Å²) in [5.74, 6) is 0.815. The summed E-state index contributed by atoms with van der Waals surface area (Å²) in [4.78, 5) is 24.2. The molecule has 0 saturated carbocycles. The van der Waals surface area contributed by atoms with Gasteiger partial charge in [-0.25, -0.2) is 4.79 Å². The first-order chi connectivity index (χ1) is 12.1. The molecule has 0 saturated heterocycles. The van der Waals surface area contributed by atoms with Crippen LogP contribution in [0.1, 0.15) is 6.92 Å². The zero-order chi connectivity index (χ0) is 17.8. The van der Waals surface area contributed by atoms with Gasteiger partial charge in [-0.3, -0.25) is 4.79 Å². The minimum Gasteiger partial charge on any atom is -0.496 e. The van der Waals surface area contributed by atoms with Crippen molar-refractivity contribution in [3.05, 3.63) is 59.0 Å². The number of methoxy groups -OCH3 is 1. The first kappa shape index (κ1) is 16.6. The van der Waals surface area contributed by atoms with Gasteiger partial charge in [0, 0.05) is 11.6 Å². The van der Waals surface area contributed by atoms with E-state index < -0.39 is 6.16 Å². The lowest BCUT2D eigenvalue weighted by atomic mass is 10.0. The van der Waals surface area contributed by atoms with Gasteiger partial charge in [-0.15, -0.1) is 0 Å². The Labute approximate surface area is 143 Å². The molecule has 6 nitrogen and oxygen atoms in total. The molecule has 3 aromatic rings. The number of para-hydroxylation sites is 1. The van der Waals surface area contributed by atoms with E-state index in [1.807, 2.05) is 12.1 Å². The zero-order valence-electron chi connectivity index (χ0n) is 13.8. The maximum atomic E-state index is 12.8. The van der Waals surface area contributed by atoms with Crippen LogP contribution in [0.2, 0.25) is 0 Å². The number of hydrogen-bond donors (Lipinski definition) is 0. The summed E-state index contributed by atoms with van der Waals surface area (Å²) in [6.07, 6.45) is 0.561. The summed E-state index contributed by atoms with van der Waals surface area (Å²) in [5.41, 5.74) is 1.15. The maximum Gasteiger partial charge on any atom is 0.513 e. The lowest BCUT2D eigenvalue weighted by Crippen LogP contribution is -2.10. The number of carbonyl (C=O) groups excluding carboxylic acids is 1. The van der Waals surface area contributed by atoms with Crippen molar-refractivity contribution < 1.29 is 23.4 Å². The summed E-state index contributed by atoms with van der Waals surface area (Å²) in [6, 6.07) is 11.7. The average molecular weight is 340 g/mol. The highest BCUT2D eigenvalue weighted by Gasteiger charge is 2.14. The minimum absolute atomic E-state index is 0.201. The molecule has 0 amide bonds. The summed E-state index contributed by atoms with van der Waals surface area (Å²) in [6.45, 7) is 1.89. The number of benzene rings is 2. The van der Waals surface area contributed by atoms with E-state index in [0.29, 0.717) is 27.8 Å². The van der Waals surface area contributed by atoms with Crippen molar-refractivity contribution in [1.82, 2.24) is 0 Å². The number of fused-ring (bicyclic) bond motifs is 1. The number of ether oxygens (including phenoxy) is 3. The number of carbonyl (C=O) groups is 1. The third-order valence-electron chi connectivity index (χ3n) is 3.61. The van der Waals surface area contributed by atoms with Crippen molar-refractivity contribution in [2.75, 3.05) is 13.7 Å². The molecule has 1 aromatic heterocycles. The van der Waals surface area contributed by atoms with Gasteiger partial charge in [0.15, 0.2) is 0 Å². The second kappa shape index (κ2) is 7.09. The van der Waals surface area contributed by atoms with Crippen molar-refractivity contribution in [3.63, 3.8) is 0 Å². The molecule has 0 aliphatic heterocycles. The number of hydrogen-bond acceptors (Lipinski definition) is 6. The molecule has 6 heteroatoms. The Morgan fingerprint density at radius 3 is 2.68 bits per heavy atom. The first-order valence-corrected chi connectivity index (χ1v) is 7.67. The molecule has 0 radical (unpaired) electrons. The van der Waals surface area contributed by atoms with E-state index >= 15 is 0 Å². The van der Waals surface area contributed by atoms with E-state index in [1.165, 1.54) is 18.4 Å². The third kappa shape index (κ3) is 3.33. The van der Waals surface area contributed by atoms with Crippen molar-refractivity contribution in [2.45, 2.75) is 6.92 Å². The van der Waals surface area contributed by atoms with E-state index in [-0.39, 0.29) is 17.8 Å². The largest absolute Gasteiger partial charge is 0.513 e. The smallest absolute Gasteiger partial charge is 0.496 e. The molecule has 2 aromatic carbocycles. The normalized spacial score (nSPS) is 10.5. The van der Waals surface area contributed by atoms with Gasteiger partial charge in [-0.2, -0.15) is 0 Å². The lowest BCUT2D eigenvalue weighted by molar-refractivity contribution is 0.104. The zero-order valence-corrected chi connectivity index (χ0v) is 13.8. The van der Waals surface area contributed by atoms with Gasteiger partial charge in [0.05, 0.1) is 24.7 Å². The van der Waals surface area contributed by atoms with E-state index in [2.05, 4.69) is 0 Å². The van der Waals surface area contributed by atoms with Gasteiger partial charge in [-0.05, 0) is 25.1 Å². The Hall–Kier alpha value is -3.28. The van der Waals surface area contributed by atoms with Crippen LogP contribution in [0.4, 0.5) is 4.79 Å². The molecular weight excluding hydrogens is 324 g/mol. The van der Waals surface area contributed by atoms with E-state index in [9.17, 15) is 9.59 Å². The summed E-state index contributed by atoms with van der Waals surface area (Å²) >= 11 is 0. The Morgan fingerprint density at radius 1 is 1.12 bits per heavy atom. The van der Waals surface area contributed by atoms with Crippen LogP contribution in [0.5, 0.6) is 11.5 Å².